The van der Waals surface area contributed by atoms with Crippen molar-refractivity contribution in [2.75, 3.05) is 6.54 Å². The van der Waals surface area contributed by atoms with Crippen LogP contribution >= 0.6 is 22.6 Å². The first kappa shape index (κ1) is 25.9. The third-order valence-corrected chi connectivity index (χ3v) is 7.12. The van der Waals surface area contributed by atoms with Gasteiger partial charge in [0, 0.05) is 28.4 Å². The van der Waals surface area contributed by atoms with Gasteiger partial charge in [0.15, 0.2) is 0 Å². The van der Waals surface area contributed by atoms with Crippen molar-refractivity contribution in [2.24, 2.45) is 0 Å². The number of hydrogen-bond acceptors (Lipinski definition) is 1. The molecule has 0 aliphatic carbocycles. The molecule has 1 amide bonds. The Morgan fingerprint density at radius 3 is 1.72 bits per heavy atom. The molecule has 0 saturated carbocycles. The van der Waals surface area contributed by atoms with Crippen molar-refractivity contribution in [1.29, 1.82) is 0 Å². The van der Waals surface area contributed by atoms with Gasteiger partial charge in [-0.25, -0.2) is 0 Å². The second-order valence-corrected chi connectivity index (χ2v) is 9.33. The molecule has 4 aromatic carbocycles. The standard InChI is InChI=1S/C30H25F3INO/c31-30(32,33)26-17-15-25(16-18-26)29(36)35-20-27(22-13-11-21(19-34)12-14-22)28(23-7-3-1-4-8-23)24-9-5-2-6-10-24/h1-18,27-28H,19-20H2,(H,35,36). The number of carbonyl (C=O) groups is 1. The smallest absolute Gasteiger partial charge is 0.351 e. The number of carbonyl (C=O) groups excluding carboxylic acids is 1. The van der Waals surface area contributed by atoms with Gasteiger partial charge in [-0.1, -0.05) is 108 Å². The van der Waals surface area contributed by atoms with Crippen LogP contribution in [0.3, 0.4) is 0 Å². The molecule has 0 aromatic heterocycles. The average molecular weight is 599 g/mol. The van der Waals surface area contributed by atoms with E-state index in [-0.39, 0.29) is 17.4 Å². The average Bonchev–Trinajstić information content (AvgIpc) is 2.91. The molecule has 0 fully saturated rings. The summed E-state index contributed by atoms with van der Waals surface area (Å²) in [5, 5.41) is 2.98. The van der Waals surface area contributed by atoms with E-state index in [1.165, 1.54) is 17.7 Å². The summed E-state index contributed by atoms with van der Waals surface area (Å²) in [6.45, 7) is 0.317. The highest BCUT2D eigenvalue weighted by Gasteiger charge is 2.30. The highest BCUT2D eigenvalue weighted by molar-refractivity contribution is 14.1. The molecule has 36 heavy (non-hydrogen) atoms. The Morgan fingerprint density at radius 2 is 1.25 bits per heavy atom. The van der Waals surface area contributed by atoms with Gasteiger partial charge in [-0.15, -0.1) is 0 Å². The van der Waals surface area contributed by atoms with Gasteiger partial charge in [0.05, 0.1) is 5.56 Å². The van der Waals surface area contributed by atoms with Crippen LogP contribution in [0.25, 0.3) is 0 Å². The SMILES string of the molecule is O=C(NCC(c1ccc(CI)cc1)C(c1ccccc1)c1ccccc1)c1ccc(C(F)(F)F)cc1. The van der Waals surface area contributed by atoms with E-state index < -0.39 is 17.6 Å². The highest BCUT2D eigenvalue weighted by atomic mass is 127. The van der Waals surface area contributed by atoms with Crippen LogP contribution < -0.4 is 5.32 Å². The summed E-state index contributed by atoms with van der Waals surface area (Å²) >= 11 is 2.33. The van der Waals surface area contributed by atoms with Gasteiger partial charge >= 0.3 is 6.18 Å². The monoisotopic (exact) mass is 599 g/mol. The number of benzene rings is 4. The van der Waals surface area contributed by atoms with Gasteiger partial charge in [-0.2, -0.15) is 13.2 Å². The molecule has 0 bridgehead atoms. The molecular weight excluding hydrogens is 574 g/mol. The predicted molar refractivity (Wildman–Crippen MR) is 145 cm³/mol. The van der Waals surface area contributed by atoms with Gasteiger partial charge in [-0.05, 0) is 46.5 Å². The van der Waals surface area contributed by atoms with Crippen molar-refractivity contribution in [3.63, 3.8) is 0 Å². The summed E-state index contributed by atoms with van der Waals surface area (Å²) in [7, 11) is 0. The molecule has 184 valence electrons. The van der Waals surface area contributed by atoms with Crippen LogP contribution in [-0.2, 0) is 10.6 Å². The number of alkyl halides is 4. The number of hydrogen-bond donors (Lipinski definition) is 1. The molecule has 0 heterocycles. The number of halogens is 4. The minimum absolute atomic E-state index is 0.0363. The van der Waals surface area contributed by atoms with Crippen molar-refractivity contribution in [3.05, 3.63) is 143 Å². The van der Waals surface area contributed by atoms with Gasteiger partial charge in [0.2, 0.25) is 0 Å². The fourth-order valence-corrected chi connectivity index (χ4v) is 4.88. The van der Waals surface area contributed by atoms with Gasteiger partial charge in [-0.3, -0.25) is 4.79 Å². The zero-order valence-electron chi connectivity index (χ0n) is 19.4. The van der Waals surface area contributed by atoms with E-state index in [2.05, 4.69) is 76.4 Å². The molecule has 0 aliphatic rings. The van der Waals surface area contributed by atoms with Gasteiger partial charge in [0.25, 0.3) is 5.91 Å². The maximum atomic E-state index is 12.9. The summed E-state index contributed by atoms with van der Waals surface area (Å²) < 4.78 is 39.7. The van der Waals surface area contributed by atoms with Crippen molar-refractivity contribution in [3.8, 4) is 0 Å². The van der Waals surface area contributed by atoms with Crippen molar-refractivity contribution in [1.82, 2.24) is 5.32 Å². The molecule has 1 N–H and O–H groups in total. The van der Waals surface area contributed by atoms with Crippen LogP contribution in [0.5, 0.6) is 0 Å². The van der Waals surface area contributed by atoms with E-state index in [0.29, 0.717) is 6.54 Å². The van der Waals surface area contributed by atoms with Crippen LogP contribution in [0.4, 0.5) is 13.2 Å². The van der Waals surface area contributed by atoms with E-state index in [4.69, 9.17) is 0 Å². The maximum absolute atomic E-state index is 12.9. The van der Waals surface area contributed by atoms with Crippen LogP contribution in [0.1, 0.15) is 50.0 Å². The molecular formula is C30H25F3INO. The third-order valence-electron chi connectivity index (χ3n) is 6.24. The van der Waals surface area contributed by atoms with E-state index in [9.17, 15) is 18.0 Å². The van der Waals surface area contributed by atoms with E-state index in [1.807, 2.05) is 36.4 Å². The molecule has 1 unspecified atom stereocenters. The lowest BCUT2D eigenvalue weighted by Gasteiger charge is -2.29. The molecule has 6 heteroatoms. The highest BCUT2D eigenvalue weighted by Crippen LogP contribution is 2.38. The number of rotatable bonds is 8. The van der Waals surface area contributed by atoms with Crippen LogP contribution in [0.15, 0.2) is 109 Å². The summed E-state index contributed by atoms with van der Waals surface area (Å²) in [6.07, 6.45) is -4.44. The molecule has 1 atom stereocenters. The molecule has 4 rings (SSSR count). The normalized spacial score (nSPS) is 12.4. The minimum atomic E-state index is -4.44. The van der Waals surface area contributed by atoms with Crippen LogP contribution in [0, 0.1) is 0 Å². The topological polar surface area (TPSA) is 29.1 Å². The first-order chi connectivity index (χ1) is 17.4. The lowest BCUT2D eigenvalue weighted by molar-refractivity contribution is -0.137. The van der Waals surface area contributed by atoms with Crippen molar-refractivity contribution in [2.45, 2.75) is 22.4 Å². The lowest BCUT2D eigenvalue weighted by atomic mass is 9.77. The molecule has 4 aromatic rings. The summed E-state index contributed by atoms with van der Waals surface area (Å²) in [5.74, 6) is -0.542. The van der Waals surface area contributed by atoms with E-state index >= 15 is 0 Å². The Morgan fingerprint density at radius 1 is 0.722 bits per heavy atom. The van der Waals surface area contributed by atoms with Gasteiger partial charge < -0.3 is 5.32 Å². The Hall–Kier alpha value is -3.13. The Bertz CT molecular complexity index is 1220. The maximum Gasteiger partial charge on any atom is 0.416 e. The van der Waals surface area contributed by atoms with Crippen LogP contribution in [-0.4, -0.2) is 12.5 Å². The quantitative estimate of drug-likeness (QED) is 0.162. The van der Waals surface area contributed by atoms with Gasteiger partial charge in [0.1, 0.15) is 0 Å². The first-order valence-electron chi connectivity index (χ1n) is 11.6. The lowest BCUT2D eigenvalue weighted by Crippen LogP contribution is -2.31. The summed E-state index contributed by atoms with van der Waals surface area (Å²) in [5.41, 5.74) is 3.95. The number of amides is 1. The zero-order valence-corrected chi connectivity index (χ0v) is 21.5. The second-order valence-electron chi connectivity index (χ2n) is 8.57. The van der Waals surface area contributed by atoms with E-state index in [0.717, 1.165) is 33.3 Å². The Labute approximate surface area is 222 Å². The Balaban J connectivity index is 1.67. The number of nitrogens with one attached hydrogen (secondary N) is 1. The fraction of sp³-hybridized carbons (Fsp3) is 0.167. The summed E-state index contributed by atoms with van der Waals surface area (Å²) in [6, 6.07) is 33.0. The van der Waals surface area contributed by atoms with E-state index in [1.54, 1.807) is 0 Å². The third kappa shape index (κ3) is 6.35. The van der Waals surface area contributed by atoms with Crippen molar-refractivity contribution >= 4 is 28.5 Å². The second kappa shape index (κ2) is 11.7. The minimum Gasteiger partial charge on any atom is -0.351 e. The van der Waals surface area contributed by atoms with Crippen molar-refractivity contribution < 1.29 is 18.0 Å². The molecule has 0 radical (unpaired) electrons. The first-order valence-corrected chi connectivity index (χ1v) is 13.1. The largest absolute Gasteiger partial charge is 0.416 e. The zero-order chi connectivity index (χ0) is 25.5. The van der Waals surface area contributed by atoms with Crippen LogP contribution in [0.2, 0.25) is 0 Å². The Kier molecular flexibility index (Phi) is 8.46. The molecule has 2 nitrogen and oxygen atoms in total. The summed E-state index contributed by atoms with van der Waals surface area (Å²) in [4.78, 5) is 12.9. The predicted octanol–water partition coefficient (Wildman–Crippen LogP) is 7.99. The fourth-order valence-electron chi connectivity index (χ4n) is 4.38. The molecule has 0 spiro atoms. The molecule has 0 saturated heterocycles. The molecule has 0 aliphatic heterocycles.